The predicted octanol–water partition coefficient (Wildman–Crippen LogP) is 1.86. The first-order valence-corrected chi connectivity index (χ1v) is 4.94. The highest BCUT2D eigenvalue weighted by atomic mass is 16.6. The number of hydrogen-bond donors (Lipinski definition) is 0. The number of rotatable bonds is 5. The van der Waals surface area contributed by atoms with Crippen LogP contribution in [0.3, 0.4) is 0 Å². The van der Waals surface area contributed by atoms with Crippen molar-refractivity contribution in [2.24, 2.45) is 5.41 Å². The minimum Gasteiger partial charge on any atom is -0.459 e. The molecule has 0 aromatic rings. The average Bonchev–Trinajstić information content (AvgIpc) is 2.21. The van der Waals surface area contributed by atoms with E-state index in [-0.39, 0.29) is 18.6 Å². The lowest BCUT2D eigenvalue weighted by atomic mass is 9.88. The zero-order valence-electron chi connectivity index (χ0n) is 10.0. The number of carbonyl (C=O) groups excluding carboxylic acids is 2. The molecule has 0 saturated heterocycles. The summed E-state index contributed by atoms with van der Waals surface area (Å²) in [5.74, 6) is -1.01. The fourth-order valence-electron chi connectivity index (χ4n) is 0.729. The van der Waals surface area contributed by atoms with Crippen LogP contribution in [0.2, 0.25) is 0 Å². The highest BCUT2D eigenvalue weighted by Crippen LogP contribution is 2.24. The van der Waals surface area contributed by atoms with Crippen LogP contribution in [0.5, 0.6) is 0 Å². The van der Waals surface area contributed by atoms with Gasteiger partial charge in [-0.25, -0.2) is 9.59 Å². The van der Waals surface area contributed by atoms with Crippen LogP contribution in [0.4, 0.5) is 0 Å². The average molecular weight is 226 g/mol. The molecule has 0 aliphatic carbocycles. The lowest BCUT2D eigenvalue weighted by Gasteiger charge is -2.19. The van der Waals surface area contributed by atoms with E-state index in [0.29, 0.717) is 5.57 Å². The van der Waals surface area contributed by atoms with Crippen LogP contribution in [0.15, 0.2) is 24.8 Å². The molecular formula is C12H18O4. The van der Waals surface area contributed by atoms with E-state index >= 15 is 0 Å². The molecule has 0 rings (SSSR count). The van der Waals surface area contributed by atoms with Crippen molar-refractivity contribution in [2.45, 2.75) is 20.8 Å². The van der Waals surface area contributed by atoms with Crippen molar-refractivity contribution in [1.82, 2.24) is 0 Å². The minimum atomic E-state index is -0.536. The molecule has 0 N–H and O–H groups in total. The molecule has 0 unspecified atom stereocenters. The van der Waals surface area contributed by atoms with Crippen LogP contribution in [-0.2, 0) is 19.1 Å². The molecule has 0 amide bonds. The molecule has 16 heavy (non-hydrogen) atoms. The van der Waals surface area contributed by atoms with E-state index in [2.05, 4.69) is 17.9 Å². The Hall–Kier alpha value is -1.58. The summed E-state index contributed by atoms with van der Waals surface area (Å²) in [6, 6.07) is 0. The van der Waals surface area contributed by atoms with Crippen molar-refractivity contribution in [3.63, 3.8) is 0 Å². The van der Waals surface area contributed by atoms with Crippen molar-refractivity contribution in [3.05, 3.63) is 24.8 Å². The Labute approximate surface area is 95.9 Å². The lowest BCUT2D eigenvalue weighted by Crippen LogP contribution is -2.21. The van der Waals surface area contributed by atoms with Gasteiger partial charge in [-0.05, 0) is 5.41 Å². The van der Waals surface area contributed by atoms with Crippen molar-refractivity contribution < 1.29 is 19.1 Å². The summed E-state index contributed by atoms with van der Waals surface area (Å²) >= 11 is 0. The normalized spacial score (nSPS) is 10.4. The zero-order valence-corrected chi connectivity index (χ0v) is 10.0. The second-order valence-corrected chi connectivity index (χ2v) is 4.24. The van der Waals surface area contributed by atoms with E-state index < -0.39 is 11.9 Å². The Kier molecular flexibility index (Phi) is 5.50. The minimum absolute atomic E-state index is 0.0213. The number of hydrogen-bond acceptors (Lipinski definition) is 4. The van der Waals surface area contributed by atoms with Crippen LogP contribution in [0, 0.1) is 5.41 Å². The van der Waals surface area contributed by atoms with Gasteiger partial charge in [0.1, 0.15) is 13.2 Å². The maximum absolute atomic E-state index is 11.4. The third kappa shape index (κ3) is 5.34. The van der Waals surface area contributed by atoms with Crippen molar-refractivity contribution in [3.8, 4) is 0 Å². The monoisotopic (exact) mass is 226 g/mol. The summed E-state index contributed by atoms with van der Waals surface area (Å²) in [4.78, 5) is 22.1. The summed E-state index contributed by atoms with van der Waals surface area (Å²) in [7, 11) is 0. The highest BCUT2D eigenvalue weighted by Gasteiger charge is 2.22. The van der Waals surface area contributed by atoms with Gasteiger partial charge in [-0.2, -0.15) is 0 Å². The highest BCUT2D eigenvalue weighted by molar-refractivity contribution is 5.89. The number of ether oxygens (including phenoxy) is 2. The Balaban J connectivity index is 3.87. The van der Waals surface area contributed by atoms with E-state index in [0.717, 1.165) is 6.08 Å². The van der Waals surface area contributed by atoms with Gasteiger partial charge in [0, 0.05) is 11.6 Å². The van der Waals surface area contributed by atoms with E-state index in [1.165, 1.54) is 0 Å². The second-order valence-electron chi connectivity index (χ2n) is 4.24. The molecule has 90 valence electrons. The predicted molar refractivity (Wildman–Crippen MR) is 60.7 cm³/mol. The van der Waals surface area contributed by atoms with Crippen LogP contribution in [-0.4, -0.2) is 25.2 Å². The zero-order chi connectivity index (χ0) is 12.8. The molecule has 0 heterocycles. The maximum Gasteiger partial charge on any atom is 0.334 e. The Morgan fingerprint density at radius 3 is 2.12 bits per heavy atom. The smallest absolute Gasteiger partial charge is 0.334 e. The molecule has 4 heteroatoms. The topological polar surface area (TPSA) is 52.6 Å². The van der Waals surface area contributed by atoms with E-state index in [1.807, 2.05) is 20.8 Å². The summed E-state index contributed by atoms with van der Waals surface area (Å²) in [5.41, 5.74) is 0.0667. The Bertz CT molecular complexity index is 297. The molecule has 0 atom stereocenters. The first-order valence-electron chi connectivity index (χ1n) is 4.94. The molecule has 0 aliphatic heterocycles. The fraction of sp³-hybridized carbons (Fsp3) is 0.500. The first-order chi connectivity index (χ1) is 7.29. The molecular weight excluding hydrogens is 208 g/mol. The van der Waals surface area contributed by atoms with Gasteiger partial charge in [0.05, 0.1) is 0 Å². The Morgan fingerprint density at radius 1 is 1.19 bits per heavy atom. The SMILES string of the molecule is C=CC(=O)OCCOC(=O)C(=C)C(C)(C)C. The summed E-state index contributed by atoms with van der Waals surface area (Å²) in [6.45, 7) is 12.5. The van der Waals surface area contributed by atoms with Gasteiger partial charge in [-0.3, -0.25) is 0 Å². The Morgan fingerprint density at radius 2 is 1.69 bits per heavy atom. The molecule has 4 nitrogen and oxygen atoms in total. The van der Waals surface area contributed by atoms with E-state index in [9.17, 15) is 9.59 Å². The largest absolute Gasteiger partial charge is 0.459 e. The first kappa shape index (κ1) is 14.4. The molecule has 0 bridgehead atoms. The third-order valence-electron chi connectivity index (χ3n) is 1.88. The van der Waals surface area contributed by atoms with Crippen LogP contribution in [0.1, 0.15) is 20.8 Å². The molecule has 0 fully saturated rings. The lowest BCUT2D eigenvalue weighted by molar-refractivity contribution is -0.147. The molecule has 0 spiro atoms. The van der Waals surface area contributed by atoms with E-state index in [4.69, 9.17) is 4.74 Å². The molecule has 0 aliphatic rings. The van der Waals surface area contributed by atoms with Gasteiger partial charge in [0.25, 0.3) is 0 Å². The van der Waals surface area contributed by atoms with Crippen LogP contribution in [0.25, 0.3) is 0 Å². The van der Waals surface area contributed by atoms with Gasteiger partial charge >= 0.3 is 11.9 Å². The second kappa shape index (κ2) is 6.10. The van der Waals surface area contributed by atoms with Crippen LogP contribution >= 0.6 is 0 Å². The van der Waals surface area contributed by atoms with Crippen molar-refractivity contribution in [2.75, 3.05) is 13.2 Å². The molecule has 0 radical (unpaired) electrons. The summed E-state index contributed by atoms with van der Waals surface area (Å²) in [5, 5.41) is 0. The number of esters is 2. The van der Waals surface area contributed by atoms with Crippen LogP contribution < -0.4 is 0 Å². The van der Waals surface area contributed by atoms with Gasteiger partial charge < -0.3 is 9.47 Å². The number of carbonyl (C=O) groups is 2. The third-order valence-corrected chi connectivity index (χ3v) is 1.88. The van der Waals surface area contributed by atoms with Gasteiger partial charge in [0.2, 0.25) is 0 Å². The molecule has 0 aromatic heterocycles. The fourth-order valence-corrected chi connectivity index (χ4v) is 0.729. The molecule has 0 aromatic carbocycles. The van der Waals surface area contributed by atoms with Crippen molar-refractivity contribution >= 4 is 11.9 Å². The standard InChI is InChI=1S/C12H18O4/c1-6-10(13)15-7-8-16-11(14)9(2)12(3,4)5/h6H,1-2,7-8H2,3-5H3. The maximum atomic E-state index is 11.4. The summed E-state index contributed by atoms with van der Waals surface area (Å²) in [6.07, 6.45) is 1.05. The summed E-state index contributed by atoms with van der Waals surface area (Å²) < 4.78 is 9.52. The van der Waals surface area contributed by atoms with Gasteiger partial charge in [0.15, 0.2) is 0 Å². The van der Waals surface area contributed by atoms with Gasteiger partial charge in [-0.1, -0.05) is 33.9 Å². The van der Waals surface area contributed by atoms with E-state index in [1.54, 1.807) is 0 Å². The molecule has 0 saturated carbocycles. The van der Waals surface area contributed by atoms with Gasteiger partial charge in [-0.15, -0.1) is 0 Å². The van der Waals surface area contributed by atoms with Crippen molar-refractivity contribution in [1.29, 1.82) is 0 Å². The quantitative estimate of drug-likeness (QED) is 0.408.